The zero-order valence-electron chi connectivity index (χ0n) is 11.2. The molecule has 97 valence electrons. The van der Waals surface area contributed by atoms with Gasteiger partial charge < -0.3 is 15.5 Å². The lowest BCUT2D eigenvalue weighted by Crippen LogP contribution is -2.31. The summed E-state index contributed by atoms with van der Waals surface area (Å²) in [5.41, 5.74) is 8.79. The van der Waals surface area contributed by atoms with Crippen LogP contribution in [0.4, 0.5) is 5.69 Å². The van der Waals surface area contributed by atoms with E-state index >= 15 is 0 Å². The third-order valence-corrected chi connectivity index (χ3v) is 3.52. The second-order valence-electron chi connectivity index (χ2n) is 5.16. The second-order valence-corrected chi connectivity index (χ2v) is 5.16. The highest BCUT2D eigenvalue weighted by molar-refractivity contribution is 5.83. The van der Waals surface area contributed by atoms with Crippen molar-refractivity contribution in [3.63, 3.8) is 0 Å². The van der Waals surface area contributed by atoms with Gasteiger partial charge in [-0.05, 0) is 36.7 Å². The van der Waals surface area contributed by atoms with E-state index in [1.807, 2.05) is 38.2 Å². The Labute approximate surface area is 108 Å². The van der Waals surface area contributed by atoms with Crippen molar-refractivity contribution in [1.82, 2.24) is 4.90 Å². The van der Waals surface area contributed by atoms with E-state index in [0.29, 0.717) is 6.54 Å². The normalized spacial score (nSPS) is 20.1. The molecule has 1 aliphatic heterocycles. The lowest BCUT2D eigenvalue weighted by Gasteiger charge is -2.20. The summed E-state index contributed by atoms with van der Waals surface area (Å²) < 4.78 is 0. The summed E-state index contributed by atoms with van der Waals surface area (Å²) in [6.07, 6.45) is 0.944. The molecule has 0 fully saturated rings. The van der Waals surface area contributed by atoms with Gasteiger partial charge in [-0.25, -0.2) is 0 Å². The minimum absolute atomic E-state index is 0.221. The Hall–Kier alpha value is -1.55. The van der Waals surface area contributed by atoms with E-state index in [0.717, 1.165) is 24.2 Å². The van der Waals surface area contributed by atoms with E-state index in [1.54, 1.807) is 0 Å². The summed E-state index contributed by atoms with van der Waals surface area (Å²) in [5, 5.41) is 0. The number of primary amides is 1. The summed E-state index contributed by atoms with van der Waals surface area (Å²) in [5.74, 6) is -0.471. The molecule has 1 aromatic rings. The summed E-state index contributed by atoms with van der Waals surface area (Å²) in [6, 6.07) is 7.30. The molecule has 0 saturated carbocycles. The van der Waals surface area contributed by atoms with Gasteiger partial charge in [0.15, 0.2) is 0 Å². The maximum Gasteiger partial charge on any atom is 0.226 e. The molecular formula is C14H20N3O. The van der Waals surface area contributed by atoms with Gasteiger partial charge in [-0.2, -0.15) is 0 Å². The standard InChI is InChI=1S/C14H20N3O/c1-16(2)11-5-4-10-6-7-17(3)9-13(14(15)18)12(10)8-11/h4,8,13H,6-7,9H2,1-3H3,(H2,15,18). The zero-order chi connectivity index (χ0) is 13.3. The van der Waals surface area contributed by atoms with E-state index in [2.05, 4.69) is 11.0 Å². The van der Waals surface area contributed by atoms with E-state index in [9.17, 15) is 4.79 Å². The van der Waals surface area contributed by atoms with Crippen LogP contribution >= 0.6 is 0 Å². The zero-order valence-corrected chi connectivity index (χ0v) is 11.2. The molecule has 4 nitrogen and oxygen atoms in total. The van der Waals surface area contributed by atoms with Gasteiger partial charge in [-0.15, -0.1) is 0 Å². The van der Waals surface area contributed by atoms with Crippen molar-refractivity contribution < 1.29 is 4.79 Å². The van der Waals surface area contributed by atoms with Crippen LogP contribution in [0, 0.1) is 6.07 Å². The smallest absolute Gasteiger partial charge is 0.226 e. The van der Waals surface area contributed by atoms with Gasteiger partial charge in [0.25, 0.3) is 0 Å². The predicted molar refractivity (Wildman–Crippen MR) is 72.7 cm³/mol. The SMILES string of the molecule is CN1CCc2c[c]c(N(C)C)cc2C(C(N)=O)C1. The molecule has 1 amide bonds. The van der Waals surface area contributed by atoms with Gasteiger partial charge in [0.2, 0.25) is 5.91 Å². The minimum Gasteiger partial charge on any atom is -0.377 e. The molecule has 4 heteroatoms. The molecule has 0 spiro atoms. The number of nitrogens with zero attached hydrogens (tertiary/aromatic N) is 2. The molecular weight excluding hydrogens is 226 g/mol. The topological polar surface area (TPSA) is 49.6 Å². The molecule has 1 unspecified atom stereocenters. The van der Waals surface area contributed by atoms with Crippen LogP contribution < -0.4 is 10.6 Å². The average Bonchev–Trinajstić information content (AvgIpc) is 2.48. The maximum absolute atomic E-state index is 11.7. The third kappa shape index (κ3) is 2.48. The highest BCUT2D eigenvalue weighted by atomic mass is 16.1. The fraction of sp³-hybridized carbons (Fsp3) is 0.500. The summed E-state index contributed by atoms with van der Waals surface area (Å²) >= 11 is 0. The summed E-state index contributed by atoms with van der Waals surface area (Å²) in [6.45, 7) is 1.64. The van der Waals surface area contributed by atoms with E-state index in [1.165, 1.54) is 5.56 Å². The predicted octanol–water partition coefficient (Wildman–Crippen LogP) is 0.610. The number of hydrogen-bond acceptors (Lipinski definition) is 3. The van der Waals surface area contributed by atoms with Crippen LogP contribution in [0.5, 0.6) is 0 Å². The number of nitrogens with two attached hydrogens (primary N) is 1. The fourth-order valence-electron chi connectivity index (χ4n) is 2.38. The van der Waals surface area contributed by atoms with Gasteiger partial charge in [-0.3, -0.25) is 4.79 Å². The first-order valence-corrected chi connectivity index (χ1v) is 6.18. The first-order chi connectivity index (χ1) is 8.49. The number of rotatable bonds is 2. The molecule has 2 rings (SSSR count). The lowest BCUT2D eigenvalue weighted by molar-refractivity contribution is -0.119. The molecule has 0 bridgehead atoms. The molecule has 1 atom stereocenters. The first kappa shape index (κ1) is 12.9. The van der Waals surface area contributed by atoms with Gasteiger partial charge in [0.1, 0.15) is 0 Å². The summed E-state index contributed by atoms with van der Waals surface area (Å²) in [7, 11) is 5.97. The quantitative estimate of drug-likeness (QED) is 0.832. The number of anilines is 1. The van der Waals surface area contributed by atoms with Crippen molar-refractivity contribution in [2.45, 2.75) is 12.3 Å². The van der Waals surface area contributed by atoms with Crippen LogP contribution in [0.1, 0.15) is 17.0 Å². The average molecular weight is 246 g/mol. The fourth-order valence-corrected chi connectivity index (χ4v) is 2.38. The molecule has 0 aliphatic carbocycles. The molecule has 0 saturated heterocycles. The van der Waals surface area contributed by atoms with Crippen molar-refractivity contribution in [2.75, 3.05) is 39.1 Å². The highest BCUT2D eigenvalue weighted by Gasteiger charge is 2.26. The van der Waals surface area contributed by atoms with Gasteiger partial charge in [0.05, 0.1) is 5.92 Å². The van der Waals surface area contributed by atoms with Gasteiger partial charge in [-0.1, -0.05) is 0 Å². The number of carbonyl (C=O) groups is 1. The van der Waals surface area contributed by atoms with E-state index in [-0.39, 0.29) is 11.8 Å². The minimum atomic E-state index is -0.249. The van der Waals surface area contributed by atoms with Gasteiger partial charge >= 0.3 is 0 Å². The third-order valence-electron chi connectivity index (χ3n) is 3.52. The number of benzene rings is 1. The second kappa shape index (κ2) is 4.98. The number of likely N-dealkylation sites (N-methyl/N-ethyl adjacent to an activating group) is 1. The Morgan fingerprint density at radius 2 is 2.28 bits per heavy atom. The molecule has 1 aromatic carbocycles. The molecule has 1 heterocycles. The van der Waals surface area contributed by atoms with E-state index in [4.69, 9.17) is 5.73 Å². The monoisotopic (exact) mass is 246 g/mol. The molecule has 1 radical (unpaired) electrons. The van der Waals surface area contributed by atoms with Crippen LogP contribution in [0.2, 0.25) is 0 Å². The van der Waals surface area contributed by atoms with Crippen molar-refractivity contribution in [2.24, 2.45) is 5.73 Å². The van der Waals surface area contributed by atoms with Crippen LogP contribution in [0.25, 0.3) is 0 Å². The Morgan fingerprint density at radius 3 is 2.89 bits per heavy atom. The van der Waals surface area contributed by atoms with Crippen LogP contribution in [-0.2, 0) is 11.2 Å². The number of hydrogen-bond donors (Lipinski definition) is 1. The Morgan fingerprint density at radius 1 is 1.56 bits per heavy atom. The number of amides is 1. The van der Waals surface area contributed by atoms with Crippen molar-refractivity contribution >= 4 is 11.6 Å². The van der Waals surface area contributed by atoms with Crippen molar-refractivity contribution in [1.29, 1.82) is 0 Å². The van der Waals surface area contributed by atoms with E-state index < -0.39 is 0 Å². The number of carbonyl (C=O) groups excluding carboxylic acids is 1. The van der Waals surface area contributed by atoms with Crippen LogP contribution in [-0.4, -0.2) is 45.0 Å². The van der Waals surface area contributed by atoms with Gasteiger partial charge in [0, 0.05) is 38.9 Å². The Bertz CT molecular complexity index is 456. The molecule has 1 aliphatic rings. The maximum atomic E-state index is 11.7. The van der Waals surface area contributed by atoms with Crippen LogP contribution in [0.15, 0.2) is 12.1 Å². The van der Waals surface area contributed by atoms with Crippen molar-refractivity contribution in [3.8, 4) is 0 Å². The number of fused-ring (bicyclic) bond motifs is 1. The first-order valence-electron chi connectivity index (χ1n) is 6.18. The molecule has 18 heavy (non-hydrogen) atoms. The highest BCUT2D eigenvalue weighted by Crippen LogP contribution is 2.28. The Balaban J connectivity index is 2.46. The largest absolute Gasteiger partial charge is 0.377 e. The molecule has 0 aromatic heterocycles. The summed E-state index contributed by atoms with van der Waals surface area (Å²) in [4.78, 5) is 15.8. The lowest BCUT2D eigenvalue weighted by atomic mass is 9.92. The van der Waals surface area contributed by atoms with Crippen LogP contribution in [0.3, 0.4) is 0 Å². The Kier molecular flexibility index (Phi) is 3.57. The molecule has 2 N–H and O–H groups in total. The van der Waals surface area contributed by atoms with Crippen molar-refractivity contribution in [3.05, 3.63) is 29.3 Å².